The van der Waals surface area contributed by atoms with Crippen molar-refractivity contribution in [3.8, 4) is 0 Å². The summed E-state index contributed by atoms with van der Waals surface area (Å²) in [6.07, 6.45) is 58.7. The molecular formula is C53H99NO5. The Labute approximate surface area is 366 Å². The van der Waals surface area contributed by atoms with Crippen LogP contribution in [0.3, 0.4) is 0 Å². The van der Waals surface area contributed by atoms with Crippen molar-refractivity contribution in [2.24, 2.45) is 0 Å². The molecule has 0 heterocycles. The Balaban J connectivity index is 3.73. The van der Waals surface area contributed by atoms with E-state index in [0.29, 0.717) is 19.3 Å². The first-order valence-corrected chi connectivity index (χ1v) is 25.5. The maximum atomic E-state index is 12.6. The van der Waals surface area contributed by atoms with Crippen LogP contribution in [0.5, 0.6) is 0 Å². The molecule has 0 spiro atoms. The highest BCUT2D eigenvalue weighted by molar-refractivity contribution is 5.80. The van der Waals surface area contributed by atoms with E-state index in [1.54, 1.807) is 0 Å². The van der Waals surface area contributed by atoms with E-state index < -0.39 is 36.9 Å². The van der Waals surface area contributed by atoms with Gasteiger partial charge in [0, 0.05) is 0 Å². The van der Waals surface area contributed by atoms with E-state index in [-0.39, 0.29) is 0 Å². The van der Waals surface area contributed by atoms with Gasteiger partial charge in [-0.2, -0.15) is 0 Å². The Morgan fingerprint density at radius 3 is 1.17 bits per heavy atom. The number of carbonyl (C=O) groups excluding carboxylic acids is 1. The van der Waals surface area contributed by atoms with Gasteiger partial charge in [0.25, 0.3) is 0 Å². The molecule has 6 heteroatoms. The average Bonchev–Trinajstić information content (AvgIpc) is 3.24. The Bertz CT molecular complexity index is 977. The zero-order valence-electron chi connectivity index (χ0n) is 39.0. The molecule has 0 bridgehead atoms. The van der Waals surface area contributed by atoms with Crippen LogP contribution in [0.1, 0.15) is 251 Å². The molecule has 6 nitrogen and oxygen atoms in total. The molecule has 0 fully saturated rings. The third-order valence-electron chi connectivity index (χ3n) is 11.7. The van der Waals surface area contributed by atoms with E-state index in [4.69, 9.17) is 0 Å². The normalized spacial score (nSPS) is 14.3. The maximum Gasteiger partial charge on any atom is 0.249 e. The number of carbonyl (C=O) groups is 1. The number of allylic oxidation sites excluding steroid dienone is 8. The summed E-state index contributed by atoms with van der Waals surface area (Å²) in [6.45, 7) is 4.04. The molecule has 0 rings (SSSR count). The number of unbranched alkanes of at least 4 members (excludes halogenated alkanes) is 29. The number of nitrogens with one attached hydrogen (secondary N) is 1. The Kier molecular flexibility index (Phi) is 45.9. The molecule has 0 saturated carbocycles. The predicted molar refractivity (Wildman–Crippen MR) is 256 cm³/mol. The van der Waals surface area contributed by atoms with Crippen LogP contribution in [-0.2, 0) is 4.79 Å². The first kappa shape index (κ1) is 57.3. The smallest absolute Gasteiger partial charge is 0.249 e. The van der Waals surface area contributed by atoms with Gasteiger partial charge in [-0.1, -0.05) is 217 Å². The minimum atomic E-state index is -1.29. The summed E-state index contributed by atoms with van der Waals surface area (Å²) >= 11 is 0. The fraction of sp³-hybridized carbons (Fsp3) is 0.830. The first-order valence-electron chi connectivity index (χ1n) is 25.5. The largest absolute Gasteiger partial charge is 0.394 e. The highest BCUT2D eigenvalue weighted by Gasteiger charge is 2.28. The SMILES string of the molecule is CCCCCCCCCC/C=C/CC/C=C/CCCC(O)C(O)C(CO)NC(=O)C(O)CCCCCCCCCCCC/C=C\C/C=C\CCCCCCCCCCC. The second-order valence-electron chi connectivity index (χ2n) is 17.5. The molecule has 59 heavy (non-hydrogen) atoms. The molecule has 346 valence electrons. The number of rotatable bonds is 46. The van der Waals surface area contributed by atoms with Crippen LogP contribution in [-0.4, -0.2) is 57.3 Å². The van der Waals surface area contributed by atoms with Gasteiger partial charge in [-0.25, -0.2) is 0 Å². The monoisotopic (exact) mass is 830 g/mol. The third-order valence-corrected chi connectivity index (χ3v) is 11.7. The van der Waals surface area contributed by atoms with Crippen molar-refractivity contribution in [1.29, 1.82) is 0 Å². The second kappa shape index (κ2) is 47.3. The van der Waals surface area contributed by atoms with E-state index >= 15 is 0 Å². The van der Waals surface area contributed by atoms with Gasteiger partial charge in [0.1, 0.15) is 12.2 Å². The molecule has 0 aromatic carbocycles. The Morgan fingerprint density at radius 1 is 0.424 bits per heavy atom. The molecule has 5 N–H and O–H groups in total. The zero-order valence-corrected chi connectivity index (χ0v) is 39.0. The summed E-state index contributed by atoms with van der Waals surface area (Å²) in [5.41, 5.74) is 0. The topological polar surface area (TPSA) is 110 Å². The number of hydrogen-bond donors (Lipinski definition) is 5. The molecule has 0 aliphatic carbocycles. The van der Waals surface area contributed by atoms with Gasteiger partial charge in [-0.3, -0.25) is 4.79 Å². The van der Waals surface area contributed by atoms with Gasteiger partial charge in [-0.05, 0) is 83.5 Å². The van der Waals surface area contributed by atoms with Crippen molar-refractivity contribution in [3.05, 3.63) is 48.6 Å². The van der Waals surface area contributed by atoms with E-state index in [2.05, 4.69) is 67.8 Å². The van der Waals surface area contributed by atoms with Crippen LogP contribution < -0.4 is 5.32 Å². The van der Waals surface area contributed by atoms with Crippen LogP contribution in [0.15, 0.2) is 48.6 Å². The van der Waals surface area contributed by atoms with E-state index in [0.717, 1.165) is 44.9 Å². The van der Waals surface area contributed by atoms with Crippen molar-refractivity contribution in [2.45, 2.75) is 276 Å². The summed E-state index contributed by atoms with van der Waals surface area (Å²) in [5, 5.41) is 43.8. The third kappa shape index (κ3) is 41.4. The highest BCUT2D eigenvalue weighted by atomic mass is 16.3. The molecule has 0 aliphatic rings. The maximum absolute atomic E-state index is 12.6. The lowest BCUT2D eigenvalue weighted by Crippen LogP contribution is -2.53. The quantitative estimate of drug-likeness (QED) is 0.0310. The lowest BCUT2D eigenvalue weighted by Gasteiger charge is -2.27. The summed E-state index contributed by atoms with van der Waals surface area (Å²) in [4.78, 5) is 12.6. The van der Waals surface area contributed by atoms with Gasteiger partial charge in [0.05, 0.1) is 18.8 Å². The van der Waals surface area contributed by atoms with Crippen molar-refractivity contribution in [1.82, 2.24) is 5.32 Å². The van der Waals surface area contributed by atoms with E-state index in [9.17, 15) is 25.2 Å². The minimum Gasteiger partial charge on any atom is -0.394 e. The molecule has 0 radical (unpaired) electrons. The number of hydrogen-bond acceptors (Lipinski definition) is 5. The molecular weight excluding hydrogens is 731 g/mol. The average molecular weight is 830 g/mol. The summed E-state index contributed by atoms with van der Waals surface area (Å²) in [7, 11) is 0. The minimum absolute atomic E-state index is 0.355. The zero-order chi connectivity index (χ0) is 43.1. The summed E-state index contributed by atoms with van der Waals surface area (Å²) in [5.74, 6) is -0.600. The standard InChI is InChI=1S/C53H99NO5/c1-3-5-7-9-11-13-15-17-19-21-22-23-24-25-26-27-28-29-31-33-35-37-39-41-43-45-47-51(57)53(59)54-49(48-55)52(58)50(56)46-44-42-40-38-36-34-32-30-20-18-16-14-12-10-8-6-4-2/h22-23,25-26,30,32,38,40,49-52,55-58H,3-21,24,27-29,31,33-37,39,41-48H2,1-2H3,(H,54,59)/b23-22-,26-25-,32-30+,40-38+. The van der Waals surface area contributed by atoms with Crippen molar-refractivity contribution >= 4 is 5.91 Å². The second-order valence-corrected chi connectivity index (χ2v) is 17.5. The lowest BCUT2D eigenvalue weighted by atomic mass is 10.00. The van der Waals surface area contributed by atoms with Crippen LogP contribution >= 0.6 is 0 Å². The van der Waals surface area contributed by atoms with Crippen LogP contribution in [0.25, 0.3) is 0 Å². The fourth-order valence-electron chi connectivity index (χ4n) is 7.69. The number of aliphatic hydroxyl groups excluding tert-OH is 4. The molecule has 0 aromatic heterocycles. The predicted octanol–water partition coefficient (Wildman–Crippen LogP) is 14.2. The molecule has 0 aliphatic heterocycles. The fourth-order valence-corrected chi connectivity index (χ4v) is 7.69. The van der Waals surface area contributed by atoms with Crippen LogP contribution in [0.2, 0.25) is 0 Å². The van der Waals surface area contributed by atoms with Crippen LogP contribution in [0, 0.1) is 0 Å². The molecule has 4 atom stereocenters. The van der Waals surface area contributed by atoms with Gasteiger partial charge < -0.3 is 25.7 Å². The summed E-state index contributed by atoms with van der Waals surface area (Å²) < 4.78 is 0. The lowest BCUT2D eigenvalue weighted by molar-refractivity contribution is -0.132. The van der Waals surface area contributed by atoms with Gasteiger partial charge in [-0.15, -0.1) is 0 Å². The van der Waals surface area contributed by atoms with Crippen LogP contribution in [0.4, 0.5) is 0 Å². The van der Waals surface area contributed by atoms with E-state index in [1.807, 2.05) is 0 Å². The molecule has 4 unspecified atom stereocenters. The molecule has 0 aromatic rings. The van der Waals surface area contributed by atoms with Gasteiger partial charge >= 0.3 is 0 Å². The Morgan fingerprint density at radius 2 is 0.763 bits per heavy atom. The number of aliphatic hydroxyl groups is 4. The van der Waals surface area contributed by atoms with Crippen molar-refractivity contribution in [2.75, 3.05) is 6.61 Å². The van der Waals surface area contributed by atoms with Gasteiger partial charge in [0.15, 0.2) is 0 Å². The van der Waals surface area contributed by atoms with Crippen molar-refractivity contribution < 1.29 is 25.2 Å². The highest BCUT2D eigenvalue weighted by Crippen LogP contribution is 2.15. The molecule has 0 saturated heterocycles. The summed E-state index contributed by atoms with van der Waals surface area (Å²) in [6, 6.07) is -1.01. The first-order chi connectivity index (χ1) is 29.0. The Hall–Kier alpha value is -1.73. The molecule has 1 amide bonds. The number of amides is 1. The van der Waals surface area contributed by atoms with Gasteiger partial charge in [0.2, 0.25) is 5.91 Å². The van der Waals surface area contributed by atoms with E-state index in [1.165, 1.54) is 173 Å². The van der Waals surface area contributed by atoms with Crippen molar-refractivity contribution in [3.63, 3.8) is 0 Å².